The number of halogens is 6. The molecule has 0 unspecified atom stereocenters. The van der Waals surface area contributed by atoms with Gasteiger partial charge in [0.1, 0.15) is 11.6 Å². The third-order valence-corrected chi connectivity index (χ3v) is 8.36. The molecule has 2 aliphatic rings. The summed E-state index contributed by atoms with van der Waals surface area (Å²) in [6.07, 6.45) is -3.70. The molecule has 2 atom stereocenters. The summed E-state index contributed by atoms with van der Waals surface area (Å²) < 4.78 is 45.2. The maximum absolute atomic E-state index is 12.8. The van der Waals surface area contributed by atoms with E-state index >= 15 is 0 Å². The van der Waals surface area contributed by atoms with Crippen molar-refractivity contribution in [1.82, 2.24) is 29.3 Å². The molecule has 0 saturated carbocycles. The van der Waals surface area contributed by atoms with Crippen molar-refractivity contribution >= 4 is 65.0 Å². The van der Waals surface area contributed by atoms with Crippen molar-refractivity contribution in [2.45, 2.75) is 44.9 Å². The van der Waals surface area contributed by atoms with Gasteiger partial charge in [0.25, 0.3) is 17.0 Å². The van der Waals surface area contributed by atoms with Crippen LogP contribution in [0.1, 0.15) is 47.7 Å². The largest absolute Gasteiger partial charge is 0.471 e. The van der Waals surface area contributed by atoms with Crippen LogP contribution < -0.4 is 32.0 Å². The molecule has 0 bridgehead atoms. The maximum Gasteiger partial charge on any atom is 0.471 e. The van der Waals surface area contributed by atoms with Gasteiger partial charge in [-0.25, -0.2) is 14.8 Å². The number of anilines is 2. The first-order valence-electron chi connectivity index (χ1n) is 14.5. The van der Waals surface area contributed by atoms with Gasteiger partial charge in [-0.2, -0.15) is 13.2 Å². The number of hydrogen-bond donors (Lipinski definition) is 2. The number of amides is 2. The third-order valence-electron chi connectivity index (χ3n) is 7.86. The lowest BCUT2D eigenvalue weighted by Crippen LogP contribution is -2.58. The quantitative estimate of drug-likeness (QED) is 0.408. The van der Waals surface area contributed by atoms with Crippen molar-refractivity contribution in [3.8, 4) is 0 Å². The molecule has 2 amide bonds. The van der Waals surface area contributed by atoms with E-state index in [0.717, 1.165) is 42.6 Å². The van der Waals surface area contributed by atoms with Gasteiger partial charge in [0, 0.05) is 65.4 Å². The highest BCUT2D eigenvalue weighted by Crippen LogP contribution is 2.28. The molecule has 3 N–H and O–H groups in total. The molecule has 48 heavy (non-hydrogen) atoms. The lowest BCUT2D eigenvalue weighted by atomic mass is 10.1. The summed E-state index contributed by atoms with van der Waals surface area (Å²) in [7, 11) is 4.03. The zero-order valence-corrected chi connectivity index (χ0v) is 29.1. The standard InChI is InChI=1S/C15H18ClF3N4O4.C12H18ClN5O2.ClH/c1-4-8-7-22(5-6-23(8)14(26)15(17,18)19)11-10(16)20-9(13(25)27-3)12(24)21(11)2;1-3-7-6-18(5-4-15-7)11-9(13)16-8(10(14)19)12(20)17(11)2;/h8H,4-7H2,1-3H3;7,15H,3-6H2,1-2H3,(H2,14,19);1H/t8-;7-;/m00./s1. The van der Waals surface area contributed by atoms with E-state index in [1.165, 1.54) is 11.6 Å². The van der Waals surface area contributed by atoms with Gasteiger partial charge < -0.3 is 30.5 Å². The number of nitrogens with two attached hydrogens (primary N) is 1. The number of hydrogen-bond acceptors (Lipinski definition) is 11. The van der Waals surface area contributed by atoms with Crippen LogP contribution in [0.15, 0.2) is 9.59 Å². The van der Waals surface area contributed by atoms with Crippen LogP contribution in [0.25, 0.3) is 0 Å². The zero-order valence-electron chi connectivity index (χ0n) is 26.8. The van der Waals surface area contributed by atoms with Gasteiger partial charge in [-0.15, -0.1) is 12.4 Å². The van der Waals surface area contributed by atoms with Gasteiger partial charge in [-0.3, -0.25) is 28.3 Å². The minimum absolute atomic E-state index is 0. The number of carbonyl (C=O) groups is 3. The number of nitrogens with zero attached hydrogens (tertiary/aromatic N) is 7. The molecule has 2 fully saturated rings. The number of ether oxygens (including phenoxy) is 1. The maximum atomic E-state index is 12.8. The molecule has 0 aliphatic carbocycles. The number of primary amides is 1. The van der Waals surface area contributed by atoms with E-state index in [1.54, 1.807) is 18.9 Å². The number of rotatable bonds is 6. The molecular formula is C27H37Cl3F3N9O6. The van der Waals surface area contributed by atoms with Gasteiger partial charge in [0.15, 0.2) is 16.0 Å². The molecule has 21 heteroatoms. The average Bonchev–Trinajstić information content (AvgIpc) is 3.03. The number of esters is 1. The summed E-state index contributed by atoms with van der Waals surface area (Å²) >= 11 is 12.3. The van der Waals surface area contributed by atoms with E-state index in [4.69, 9.17) is 28.9 Å². The molecular weight excluding hydrogens is 710 g/mol. The van der Waals surface area contributed by atoms with Crippen LogP contribution in [-0.4, -0.2) is 106 Å². The number of methoxy groups -OCH3 is 1. The second-order valence-electron chi connectivity index (χ2n) is 10.7. The fourth-order valence-corrected chi connectivity index (χ4v) is 6.03. The Morgan fingerprint density at radius 3 is 1.92 bits per heavy atom. The molecule has 2 aromatic heterocycles. The van der Waals surface area contributed by atoms with Crippen molar-refractivity contribution in [2.24, 2.45) is 19.8 Å². The molecule has 2 aromatic rings. The second-order valence-corrected chi connectivity index (χ2v) is 11.5. The molecule has 4 rings (SSSR count). The highest BCUT2D eigenvalue weighted by atomic mass is 35.5. The molecule has 0 aromatic carbocycles. The highest BCUT2D eigenvalue weighted by Gasteiger charge is 2.46. The molecule has 2 aliphatic heterocycles. The first kappa shape index (κ1) is 40.6. The lowest BCUT2D eigenvalue weighted by molar-refractivity contribution is -0.188. The Kier molecular flexibility index (Phi) is 14.1. The molecule has 2 saturated heterocycles. The van der Waals surface area contributed by atoms with Gasteiger partial charge >= 0.3 is 18.1 Å². The Hall–Kier alpha value is -3.61. The normalized spacial score (nSPS) is 18.0. The SMILES string of the molecule is CC[C@H]1CN(c2c(Cl)nc(C(=O)OC)c(=O)n2C)CCN1C(=O)C(F)(F)F.CC[C@H]1CN(c2c(Cl)nc(C(N)=O)c(=O)n2C)CCN1.Cl. The Morgan fingerprint density at radius 2 is 1.44 bits per heavy atom. The Bertz CT molecular complexity index is 1640. The minimum Gasteiger partial charge on any atom is -0.464 e. The van der Waals surface area contributed by atoms with Crippen LogP contribution in [0.2, 0.25) is 10.3 Å². The van der Waals surface area contributed by atoms with E-state index in [1.807, 2.05) is 4.90 Å². The van der Waals surface area contributed by atoms with Crippen LogP contribution in [0.3, 0.4) is 0 Å². The van der Waals surface area contributed by atoms with E-state index < -0.39 is 46.8 Å². The monoisotopic (exact) mass is 745 g/mol. The van der Waals surface area contributed by atoms with Crippen molar-refractivity contribution in [3.63, 3.8) is 0 Å². The number of nitrogens with one attached hydrogen (secondary N) is 1. The number of piperazine rings is 2. The Labute approximate surface area is 289 Å². The van der Waals surface area contributed by atoms with Crippen LogP contribution in [0, 0.1) is 0 Å². The Morgan fingerprint density at radius 1 is 0.917 bits per heavy atom. The van der Waals surface area contributed by atoms with Crippen LogP contribution in [-0.2, 0) is 23.6 Å². The lowest BCUT2D eigenvalue weighted by Gasteiger charge is -2.42. The number of aromatic nitrogens is 4. The predicted molar refractivity (Wildman–Crippen MR) is 174 cm³/mol. The predicted octanol–water partition coefficient (Wildman–Crippen LogP) is 1.35. The number of alkyl halides is 3. The first-order valence-corrected chi connectivity index (χ1v) is 15.3. The molecule has 4 heterocycles. The van der Waals surface area contributed by atoms with Crippen molar-refractivity contribution < 1.29 is 32.3 Å². The van der Waals surface area contributed by atoms with Gasteiger partial charge in [-0.05, 0) is 12.8 Å². The van der Waals surface area contributed by atoms with Crippen LogP contribution >= 0.6 is 35.6 Å². The van der Waals surface area contributed by atoms with Crippen molar-refractivity contribution in [1.29, 1.82) is 0 Å². The van der Waals surface area contributed by atoms with Crippen molar-refractivity contribution in [2.75, 3.05) is 56.2 Å². The van der Waals surface area contributed by atoms with E-state index in [0.29, 0.717) is 11.9 Å². The summed E-state index contributed by atoms with van der Waals surface area (Å²) in [6.45, 7) is 5.87. The molecule has 15 nitrogen and oxygen atoms in total. The molecule has 0 spiro atoms. The van der Waals surface area contributed by atoms with Crippen LogP contribution in [0.5, 0.6) is 0 Å². The minimum atomic E-state index is -4.95. The first-order chi connectivity index (χ1) is 22.0. The van der Waals surface area contributed by atoms with Gasteiger partial charge in [0.05, 0.1) is 7.11 Å². The zero-order chi connectivity index (χ0) is 35.4. The summed E-state index contributed by atoms with van der Waals surface area (Å²) in [5.74, 6) is -3.02. The smallest absolute Gasteiger partial charge is 0.464 e. The van der Waals surface area contributed by atoms with Crippen molar-refractivity contribution in [3.05, 3.63) is 42.4 Å². The van der Waals surface area contributed by atoms with E-state index in [-0.39, 0.29) is 60.3 Å². The van der Waals surface area contributed by atoms with Gasteiger partial charge in [-0.1, -0.05) is 37.0 Å². The third kappa shape index (κ3) is 8.69. The summed E-state index contributed by atoms with van der Waals surface area (Å²) in [5.41, 5.74) is 3.03. The van der Waals surface area contributed by atoms with Gasteiger partial charge in [0.2, 0.25) is 5.69 Å². The fourth-order valence-electron chi connectivity index (χ4n) is 5.37. The van der Waals surface area contributed by atoms with E-state index in [2.05, 4.69) is 26.9 Å². The summed E-state index contributed by atoms with van der Waals surface area (Å²) in [5, 5.41) is 3.34. The highest BCUT2D eigenvalue weighted by molar-refractivity contribution is 6.32. The second kappa shape index (κ2) is 16.7. The molecule has 268 valence electrons. The Balaban J connectivity index is 0.000000340. The average molecular weight is 747 g/mol. The van der Waals surface area contributed by atoms with E-state index in [9.17, 15) is 37.1 Å². The summed E-state index contributed by atoms with van der Waals surface area (Å²) in [4.78, 5) is 70.8. The number of carbonyl (C=O) groups excluding carboxylic acids is 3. The topological polar surface area (TPSA) is 178 Å². The summed E-state index contributed by atoms with van der Waals surface area (Å²) in [6, 6.07) is -0.384. The van der Waals surface area contributed by atoms with Crippen LogP contribution in [0.4, 0.5) is 24.8 Å². The molecule has 0 radical (unpaired) electrons. The fraction of sp³-hybridized carbons (Fsp3) is 0.593.